The number of aliphatic hydroxyl groups is 1. The summed E-state index contributed by atoms with van der Waals surface area (Å²) >= 11 is 1.78. The zero-order valence-corrected chi connectivity index (χ0v) is 12.0. The number of thioether (sulfide) groups is 1. The highest BCUT2D eigenvalue weighted by molar-refractivity contribution is 7.99. The van der Waals surface area contributed by atoms with Crippen molar-refractivity contribution in [3.8, 4) is 0 Å². The van der Waals surface area contributed by atoms with Crippen LogP contribution < -0.4 is 0 Å². The Labute approximate surface area is 119 Å². The summed E-state index contributed by atoms with van der Waals surface area (Å²) in [5.41, 5.74) is 0. The summed E-state index contributed by atoms with van der Waals surface area (Å²) in [7, 11) is 0. The Bertz CT molecular complexity index is 371. The summed E-state index contributed by atoms with van der Waals surface area (Å²) in [5.74, 6) is 0.870. The summed E-state index contributed by atoms with van der Waals surface area (Å²) < 4.78 is 12.8. The molecule has 1 N–H and O–H groups in total. The lowest BCUT2D eigenvalue weighted by atomic mass is 10.1. The molecule has 4 heteroatoms. The molecule has 1 unspecified atom stereocenters. The fourth-order valence-corrected chi connectivity index (χ4v) is 3.54. The maximum atomic E-state index is 12.8. The molecule has 0 aromatic heterocycles. The molecular formula is C15H22FNOS. The van der Waals surface area contributed by atoms with Gasteiger partial charge in [-0.3, -0.25) is 4.90 Å². The van der Waals surface area contributed by atoms with Gasteiger partial charge in [0.05, 0.1) is 0 Å². The first kappa shape index (κ1) is 14.8. The first-order valence-electron chi connectivity index (χ1n) is 7.03. The van der Waals surface area contributed by atoms with Gasteiger partial charge in [0.15, 0.2) is 0 Å². The van der Waals surface area contributed by atoms with E-state index in [1.807, 2.05) is 12.1 Å². The van der Waals surface area contributed by atoms with Gasteiger partial charge in [-0.15, -0.1) is 11.8 Å². The van der Waals surface area contributed by atoms with Crippen LogP contribution in [0.25, 0.3) is 0 Å². The number of benzene rings is 1. The van der Waals surface area contributed by atoms with Gasteiger partial charge in [-0.2, -0.15) is 0 Å². The minimum Gasteiger partial charge on any atom is -0.396 e. The molecule has 0 aliphatic carbocycles. The van der Waals surface area contributed by atoms with Crippen molar-refractivity contribution >= 4 is 11.8 Å². The van der Waals surface area contributed by atoms with Gasteiger partial charge in [-0.05, 0) is 56.5 Å². The van der Waals surface area contributed by atoms with Crippen molar-refractivity contribution in [2.75, 3.05) is 25.4 Å². The molecule has 1 aromatic carbocycles. The van der Waals surface area contributed by atoms with Gasteiger partial charge in [0.1, 0.15) is 5.82 Å². The maximum Gasteiger partial charge on any atom is 0.123 e. The lowest BCUT2D eigenvalue weighted by Crippen LogP contribution is -2.31. The Morgan fingerprint density at radius 1 is 1.32 bits per heavy atom. The molecule has 1 aliphatic rings. The van der Waals surface area contributed by atoms with Crippen LogP contribution in [-0.4, -0.2) is 41.5 Å². The molecule has 2 rings (SSSR count). The maximum absolute atomic E-state index is 12.8. The number of nitrogens with zero attached hydrogens (tertiary/aromatic N) is 1. The zero-order chi connectivity index (χ0) is 13.5. The monoisotopic (exact) mass is 283 g/mol. The normalized spacial score (nSPS) is 20.0. The lowest BCUT2D eigenvalue weighted by Gasteiger charge is -2.24. The van der Waals surface area contributed by atoms with Crippen molar-refractivity contribution in [2.45, 2.75) is 36.6 Å². The van der Waals surface area contributed by atoms with Crippen LogP contribution in [0.1, 0.15) is 25.7 Å². The lowest BCUT2D eigenvalue weighted by molar-refractivity contribution is 0.225. The topological polar surface area (TPSA) is 23.5 Å². The number of likely N-dealkylation sites (tertiary alicyclic amines) is 1. The summed E-state index contributed by atoms with van der Waals surface area (Å²) in [5, 5.41) is 8.91. The third-order valence-electron chi connectivity index (χ3n) is 3.66. The number of aliphatic hydroxyl groups excluding tert-OH is 1. The molecule has 106 valence electrons. The Kier molecular flexibility index (Phi) is 6.14. The van der Waals surface area contributed by atoms with E-state index in [-0.39, 0.29) is 5.82 Å². The fraction of sp³-hybridized carbons (Fsp3) is 0.600. The van der Waals surface area contributed by atoms with Crippen molar-refractivity contribution in [2.24, 2.45) is 0 Å². The van der Waals surface area contributed by atoms with E-state index in [1.165, 1.54) is 31.5 Å². The van der Waals surface area contributed by atoms with Gasteiger partial charge >= 0.3 is 0 Å². The van der Waals surface area contributed by atoms with Crippen molar-refractivity contribution in [3.05, 3.63) is 30.1 Å². The van der Waals surface area contributed by atoms with Gasteiger partial charge < -0.3 is 5.11 Å². The van der Waals surface area contributed by atoms with Gasteiger partial charge in [0, 0.05) is 29.8 Å². The first-order chi connectivity index (χ1) is 9.29. The molecule has 1 fully saturated rings. The van der Waals surface area contributed by atoms with Gasteiger partial charge in [0.25, 0.3) is 0 Å². The van der Waals surface area contributed by atoms with E-state index in [9.17, 15) is 4.39 Å². The highest BCUT2D eigenvalue weighted by atomic mass is 32.2. The molecule has 19 heavy (non-hydrogen) atoms. The van der Waals surface area contributed by atoms with Crippen molar-refractivity contribution in [1.82, 2.24) is 4.90 Å². The number of halogens is 1. The van der Waals surface area contributed by atoms with E-state index in [0.717, 1.165) is 30.0 Å². The second kappa shape index (κ2) is 7.88. The second-order valence-corrected chi connectivity index (χ2v) is 6.17. The third-order valence-corrected chi connectivity index (χ3v) is 4.65. The molecule has 1 aromatic rings. The molecular weight excluding hydrogens is 261 g/mol. The van der Waals surface area contributed by atoms with Crippen LogP contribution >= 0.6 is 11.8 Å². The molecule has 1 aliphatic heterocycles. The van der Waals surface area contributed by atoms with Crippen LogP contribution in [0.3, 0.4) is 0 Å². The molecule has 0 bridgehead atoms. The standard InChI is InChI=1S/C15H22FNOS/c16-13-5-7-15(8-6-13)19-12-10-17-9-1-3-14(17)4-2-11-18/h5-8,14,18H,1-4,9-12H2. The van der Waals surface area contributed by atoms with Gasteiger partial charge in [-0.1, -0.05) is 0 Å². The van der Waals surface area contributed by atoms with Crippen molar-refractivity contribution in [3.63, 3.8) is 0 Å². The summed E-state index contributed by atoms with van der Waals surface area (Å²) in [6, 6.07) is 7.37. The molecule has 0 spiro atoms. The fourth-order valence-electron chi connectivity index (χ4n) is 2.65. The van der Waals surface area contributed by atoms with E-state index in [0.29, 0.717) is 12.6 Å². The highest BCUT2D eigenvalue weighted by Gasteiger charge is 2.23. The minimum atomic E-state index is -0.173. The number of rotatable bonds is 7. The van der Waals surface area contributed by atoms with Crippen LogP contribution in [0.4, 0.5) is 4.39 Å². The summed E-state index contributed by atoms with van der Waals surface area (Å²) in [4.78, 5) is 3.67. The molecule has 1 heterocycles. The Hall–Kier alpha value is -0.580. The predicted molar refractivity (Wildman–Crippen MR) is 78.0 cm³/mol. The van der Waals surface area contributed by atoms with E-state index in [1.54, 1.807) is 11.8 Å². The average molecular weight is 283 g/mol. The van der Waals surface area contributed by atoms with Gasteiger partial charge in [0.2, 0.25) is 0 Å². The number of hydrogen-bond acceptors (Lipinski definition) is 3. The molecule has 2 nitrogen and oxygen atoms in total. The predicted octanol–water partition coefficient (Wildman–Crippen LogP) is 3.15. The van der Waals surface area contributed by atoms with Gasteiger partial charge in [-0.25, -0.2) is 4.39 Å². The Morgan fingerprint density at radius 3 is 2.84 bits per heavy atom. The van der Waals surface area contributed by atoms with Crippen LogP contribution in [-0.2, 0) is 0 Å². The van der Waals surface area contributed by atoms with E-state index >= 15 is 0 Å². The van der Waals surface area contributed by atoms with E-state index in [2.05, 4.69) is 4.90 Å². The smallest absolute Gasteiger partial charge is 0.123 e. The first-order valence-corrected chi connectivity index (χ1v) is 8.01. The van der Waals surface area contributed by atoms with Crippen LogP contribution in [0.2, 0.25) is 0 Å². The largest absolute Gasteiger partial charge is 0.396 e. The second-order valence-electron chi connectivity index (χ2n) is 5.00. The molecule has 0 amide bonds. The quantitative estimate of drug-likeness (QED) is 0.778. The summed E-state index contributed by atoms with van der Waals surface area (Å²) in [6.07, 6.45) is 4.56. The molecule has 0 radical (unpaired) electrons. The highest BCUT2D eigenvalue weighted by Crippen LogP contribution is 2.23. The molecule has 1 saturated heterocycles. The Balaban J connectivity index is 1.71. The Morgan fingerprint density at radius 2 is 2.11 bits per heavy atom. The van der Waals surface area contributed by atoms with Crippen LogP contribution in [0.15, 0.2) is 29.2 Å². The molecule has 0 saturated carbocycles. The van der Waals surface area contributed by atoms with Crippen LogP contribution in [0.5, 0.6) is 0 Å². The van der Waals surface area contributed by atoms with Crippen molar-refractivity contribution < 1.29 is 9.50 Å². The molecule has 1 atom stereocenters. The third kappa shape index (κ3) is 4.79. The van der Waals surface area contributed by atoms with Crippen molar-refractivity contribution in [1.29, 1.82) is 0 Å². The van der Waals surface area contributed by atoms with Crippen LogP contribution in [0, 0.1) is 5.82 Å². The van der Waals surface area contributed by atoms with E-state index < -0.39 is 0 Å². The number of hydrogen-bond donors (Lipinski definition) is 1. The minimum absolute atomic E-state index is 0.173. The van der Waals surface area contributed by atoms with E-state index in [4.69, 9.17) is 5.11 Å². The SMILES string of the molecule is OCCCC1CCCN1CCSc1ccc(F)cc1. The summed E-state index contributed by atoms with van der Waals surface area (Å²) in [6.45, 7) is 2.56. The average Bonchev–Trinajstić information content (AvgIpc) is 2.86. The zero-order valence-electron chi connectivity index (χ0n) is 11.2.